The number of hydrogen-bond donors (Lipinski definition) is 0. The van der Waals surface area contributed by atoms with E-state index < -0.39 is 0 Å². The Hall–Kier alpha value is -1.40. The van der Waals surface area contributed by atoms with Gasteiger partial charge in [0.15, 0.2) is 0 Å². The Morgan fingerprint density at radius 1 is 1.15 bits per heavy atom. The number of pyridine rings is 1. The van der Waals surface area contributed by atoms with Crippen molar-refractivity contribution >= 4 is 0 Å². The number of hydrogen-bond acceptors (Lipinski definition) is 3. The topological polar surface area (TPSA) is 45.9 Å². The third-order valence-electron chi connectivity index (χ3n) is 5.19. The van der Waals surface area contributed by atoms with Gasteiger partial charge in [-0.1, -0.05) is 18.9 Å². The first kappa shape index (κ1) is 13.6. The van der Waals surface area contributed by atoms with E-state index in [0.29, 0.717) is 6.42 Å². The van der Waals surface area contributed by atoms with Crippen molar-refractivity contribution in [2.24, 2.45) is 0 Å². The van der Waals surface area contributed by atoms with Gasteiger partial charge < -0.3 is 4.74 Å². The van der Waals surface area contributed by atoms with Crippen molar-refractivity contribution in [2.75, 3.05) is 6.61 Å². The third kappa shape index (κ3) is 2.45. The van der Waals surface area contributed by atoms with Crippen LogP contribution < -0.4 is 0 Å². The average molecular weight is 270 g/mol. The molecule has 0 N–H and O–H groups in total. The van der Waals surface area contributed by atoms with Gasteiger partial charge in [0, 0.05) is 30.3 Å². The summed E-state index contributed by atoms with van der Waals surface area (Å²) in [4.78, 5) is 4.54. The van der Waals surface area contributed by atoms with Crippen molar-refractivity contribution in [3.05, 3.63) is 30.1 Å². The summed E-state index contributed by atoms with van der Waals surface area (Å²) < 4.78 is 6.24. The van der Waals surface area contributed by atoms with Gasteiger partial charge in [0.2, 0.25) is 0 Å². The molecule has 1 saturated heterocycles. The number of aromatic nitrogens is 1. The van der Waals surface area contributed by atoms with Gasteiger partial charge in [0.05, 0.1) is 11.7 Å². The second kappa shape index (κ2) is 5.54. The molecule has 1 aromatic heterocycles. The molecule has 1 saturated carbocycles. The van der Waals surface area contributed by atoms with Gasteiger partial charge in [-0.3, -0.25) is 4.98 Å². The van der Waals surface area contributed by atoms with Gasteiger partial charge >= 0.3 is 0 Å². The number of rotatable bonds is 2. The summed E-state index contributed by atoms with van der Waals surface area (Å²) in [7, 11) is 0. The van der Waals surface area contributed by atoms with E-state index in [1.807, 2.05) is 18.3 Å². The van der Waals surface area contributed by atoms with Gasteiger partial charge in [0.25, 0.3) is 0 Å². The highest BCUT2D eigenvalue weighted by molar-refractivity contribution is 5.20. The van der Waals surface area contributed by atoms with Crippen molar-refractivity contribution in [1.29, 1.82) is 5.26 Å². The molecule has 1 spiro atoms. The van der Waals surface area contributed by atoms with E-state index in [9.17, 15) is 5.26 Å². The Morgan fingerprint density at radius 3 is 2.70 bits per heavy atom. The van der Waals surface area contributed by atoms with E-state index in [2.05, 4.69) is 17.1 Å². The Morgan fingerprint density at radius 2 is 2.00 bits per heavy atom. The molecule has 2 fully saturated rings. The molecule has 1 aliphatic carbocycles. The lowest BCUT2D eigenvalue weighted by atomic mass is 9.73. The highest BCUT2D eigenvalue weighted by Gasteiger charge is 2.43. The molecule has 1 aliphatic heterocycles. The summed E-state index contributed by atoms with van der Waals surface area (Å²) in [5.74, 6) is 0. The first-order chi connectivity index (χ1) is 9.79. The molecule has 0 bridgehead atoms. The molecular weight excluding hydrogens is 248 g/mol. The van der Waals surface area contributed by atoms with E-state index in [1.54, 1.807) is 0 Å². The van der Waals surface area contributed by atoms with E-state index >= 15 is 0 Å². The van der Waals surface area contributed by atoms with Crippen LogP contribution in [-0.2, 0) is 10.2 Å². The first-order valence-corrected chi connectivity index (χ1v) is 7.71. The van der Waals surface area contributed by atoms with Crippen LogP contribution in [0.15, 0.2) is 24.4 Å². The summed E-state index contributed by atoms with van der Waals surface area (Å²) >= 11 is 0. The normalized spacial score (nSPS) is 28.9. The van der Waals surface area contributed by atoms with Gasteiger partial charge in [-0.2, -0.15) is 5.26 Å². The van der Waals surface area contributed by atoms with Crippen molar-refractivity contribution in [3.63, 3.8) is 0 Å². The van der Waals surface area contributed by atoms with Crippen LogP contribution in [0.25, 0.3) is 0 Å². The lowest BCUT2D eigenvalue weighted by Crippen LogP contribution is -2.29. The van der Waals surface area contributed by atoms with Crippen molar-refractivity contribution in [3.8, 4) is 6.07 Å². The standard InChI is InChI=1S/C17H22N2O/c18-12-10-16(15-5-1-4-13-19-15)8-9-17(20-14-11-16)6-2-3-7-17/h1,4-5,13H,2-3,6-11,14H2. The average Bonchev–Trinajstić information content (AvgIpc) is 2.86. The van der Waals surface area contributed by atoms with Crippen LogP contribution in [-0.4, -0.2) is 17.2 Å². The summed E-state index contributed by atoms with van der Waals surface area (Å²) in [6, 6.07) is 8.43. The largest absolute Gasteiger partial charge is 0.375 e. The highest BCUT2D eigenvalue weighted by atomic mass is 16.5. The third-order valence-corrected chi connectivity index (χ3v) is 5.19. The maximum atomic E-state index is 9.28. The lowest BCUT2D eigenvalue weighted by molar-refractivity contribution is -0.0372. The van der Waals surface area contributed by atoms with Crippen LogP contribution in [0, 0.1) is 11.3 Å². The van der Waals surface area contributed by atoms with Crippen LogP contribution in [0.5, 0.6) is 0 Å². The fourth-order valence-electron chi connectivity index (χ4n) is 3.89. The second-order valence-electron chi connectivity index (χ2n) is 6.32. The molecule has 20 heavy (non-hydrogen) atoms. The molecule has 0 aromatic carbocycles. The summed E-state index contributed by atoms with van der Waals surface area (Å²) in [5.41, 5.74) is 1.06. The summed E-state index contributed by atoms with van der Waals surface area (Å²) in [6.45, 7) is 0.762. The Labute approximate surface area is 121 Å². The smallest absolute Gasteiger partial charge is 0.0682 e. The monoisotopic (exact) mass is 270 g/mol. The quantitative estimate of drug-likeness (QED) is 0.822. The number of nitrogens with zero attached hydrogens (tertiary/aromatic N) is 2. The molecule has 0 amide bonds. The molecule has 1 atom stereocenters. The zero-order chi connectivity index (χ0) is 13.9. The Bertz CT molecular complexity index is 487. The maximum Gasteiger partial charge on any atom is 0.0682 e. The van der Waals surface area contributed by atoms with Crippen LogP contribution in [0.3, 0.4) is 0 Å². The molecule has 106 valence electrons. The van der Waals surface area contributed by atoms with Crippen LogP contribution in [0.4, 0.5) is 0 Å². The van der Waals surface area contributed by atoms with Gasteiger partial charge in [-0.15, -0.1) is 0 Å². The minimum Gasteiger partial charge on any atom is -0.375 e. The molecule has 3 rings (SSSR count). The molecule has 3 heteroatoms. The Balaban J connectivity index is 1.86. The molecule has 3 nitrogen and oxygen atoms in total. The Kier molecular flexibility index (Phi) is 3.76. The summed E-state index contributed by atoms with van der Waals surface area (Å²) in [6.07, 6.45) is 10.4. The van der Waals surface area contributed by atoms with E-state index in [1.165, 1.54) is 25.7 Å². The zero-order valence-corrected chi connectivity index (χ0v) is 12.0. The first-order valence-electron chi connectivity index (χ1n) is 7.71. The zero-order valence-electron chi connectivity index (χ0n) is 12.0. The van der Waals surface area contributed by atoms with Gasteiger partial charge in [-0.05, 0) is 44.2 Å². The van der Waals surface area contributed by atoms with Crippen molar-refractivity contribution in [1.82, 2.24) is 4.98 Å². The van der Waals surface area contributed by atoms with Gasteiger partial charge in [0.1, 0.15) is 0 Å². The molecule has 2 aliphatic rings. The number of nitriles is 1. The van der Waals surface area contributed by atoms with Crippen molar-refractivity contribution in [2.45, 2.75) is 62.4 Å². The second-order valence-corrected chi connectivity index (χ2v) is 6.32. The number of ether oxygens (including phenoxy) is 1. The van der Waals surface area contributed by atoms with E-state index in [0.717, 1.165) is 31.6 Å². The highest BCUT2D eigenvalue weighted by Crippen LogP contribution is 2.46. The minimum atomic E-state index is -0.109. The van der Waals surface area contributed by atoms with Crippen LogP contribution in [0.1, 0.15) is 57.1 Å². The molecule has 1 unspecified atom stereocenters. The van der Waals surface area contributed by atoms with Crippen LogP contribution >= 0.6 is 0 Å². The van der Waals surface area contributed by atoms with E-state index in [4.69, 9.17) is 4.74 Å². The lowest BCUT2D eigenvalue weighted by Gasteiger charge is -2.30. The summed E-state index contributed by atoms with van der Waals surface area (Å²) in [5, 5.41) is 9.28. The molecular formula is C17H22N2O. The maximum absolute atomic E-state index is 9.28. The van der Waals surface area contributed by atoms with Gasteiger partial charge in [-0.25, -0.2) is 0 Å². The fourth-order valence-corrected chi connectivity index (χ4v) is 3.89. The molecule has 1 aromatic rings. The predicted molar refractivity (Wildman–Crippen MR) is 77.1 cm³/mol. The predicted octanol–water partition coefficient (Wildman–Crippen LogP) is 3.75. The van der Waals surface area contributed by atoms with E-state index in [-0.39, 0.29) is 11.0 Å². The fraction of sp³-hybridized carbons (Fsp3) is 0.647. The minimum absolute atomic E-state index is 0.103. The van der Waals surface area contributed by atoms with Crippen LogP contribution in [0.2, 0.25) is 0 Å². The SMILES string of the molecule is N#CCC1(c2ccccn2)CCOC2(CCCC2)CC1. The molecule has 2 heterocycles. The van der Waals surface area contributed by atoms with Crippen molar-refractivity contribution < 1.29 is 4.74 Å². The molecule has 0 radical (unpaired) electrons.